The minimum Gasteiger partial charge on any atom is -0.381 e. The Hall–Kier alpha value is -4.97. The molecule has 0 aliphatic carbocycles. The molecule has 4 atom stereocenters. The Bertz CT molecular complexity index is 4400. The van der Waals surface area contributed by atoms with Crippen LogP contribution < -0.4 is 0 Å². The monoisotopic (exact) mass is 2010 g/mol. The van der Waals surface area contributed by atoms with Gasteiger partial charge in [0.25, 0.3) is 0 Å². The van der Waals surface area contributed by atoms with E-state index in [2.05, 4.69) is 357 Å². The highest BCUT2D eigenvalue weighted by molar-refractivity contribution is 9.13. The number of hydrogen-bond acceptors (Lipinski definition) is 12. The van der Waals surface area contributed by atoms with Crippen LogP contribution >= 0.6 is 84.4 Å². The molecule has 12 nitrogen and oxygen atoms in total. The van der Waals surface area contributed by atoms with E-state index in [0.717, 1.165) is 126 Å². The molecule has 0 N–H and O–H groups in total. The molecule has 21 heteroatoms. The van der Waals surface area contributed by atoms with Gasteiger partial charge in [0.05, 0.1) is 129 Å². The van der Waals surface area contributed by atoms with Gasteiger partial charge in [0, 0.05) is 116 Å². The highest BCUT2D eigenvalue weighted by Crippen LogP contribution is 2.74. The fourth-order valence-electron chi connectivity index (χ4n) is 12.7. The fourth-order valence-corrected chi connectivity index (χ4v) is 36.7. The maximum atomic E-state index is 13.0. The molecule has 4 unspecified atom stereocenters. The van der Waals surface area contributed by atoms with Crippen LogP contribution in [0.5, 0.6) is 0 Å². The normalized spacial score (nSPS) is 11.5. The molecule has 0 aliphatic rings. The minimum atomic E-state index is -2.25. The summed E-state index contributed by atoms with van der Waals surface area (Å²) in [7, 11) is -7.79. The van der Waals surface area contributed by atoms with E-state index in [1.54, 1.807) is 0 Å². The lowest BCUT2D eigenvalue weighted by Crippen LogP contribution is -2.23. The average molecular weight is 2020 g/mol. The van der Waals surface area contributed by atoms with E-state index in [1.807, 2.05) is 13.8 Å². The lowest BCUT2D eigenvalue weighted by molar-refractivity contribution is 0.159. The molecule has 0 saturated heterocycles. The van der Waals surface area contributed by atoms with Crippen LogP contribution in [-0.2, 0) is 75.0 Å². The number of alkyl halides is 1. The minimum absolute atomic E-state index is 0.0102. The van der Waals surface area contributed by atoms with Gasteiger partial charge in [-0.05, 0) is 309 Å². The van der Waals surface area contributed by atoms with Crippen LogP contribution in [0.1, 0.15) is 139 Å². The maximum Gasteiger partial charge on any atom is 0.159 e. The van der Waals surface area contributed by atoms with E-state index in [4.69, 9.17) is 47.4 Å². The Morgan fingerprint density at radius 1 is 0.375 bits per heavy atom. The summed E-state index contributed by atoms with van der Waals surface area (Å²) in [5.41, 5.74) is 68.4. The molecule has 0 saturated carbocycles. The maximum absolute atomic E-state index is 13.0. The van der Waals surface area contributed by atoms with Gasteiger partial charge < -0.3 is 56.5 Å². The quantitative estimate of drug-likeness (QED) is 0.0231. The van der Waals surface area contributed by atoms with Crippen LogP contribution in [-0.4, -0.2) is 255 Å². The van der Waals surface area contributed by atoms with E-state index in [-0.39, 0.29) is 23.8 Å². The number of rotatable bonds is 64. The molecule has 702 valence electrons. The lowest BCUT2D eigenvalue weighted by Gasteiger charge is -2.33. The molecule has 0 bridgehead atoms. The van der Waals surface area contributed by atoms with E-state index >= 15 is 0 Å². The Labute approximate surface area is 798 Å². The summed E-state index contributed by atoms with van der Waals surface area (Å²) >= 11 is 6.48. The first kappa shape index (κ1) is 125. The van der Waals surface area contributed by atoms with Gasteiger partial charge in [0.1, 0.15) is 6.16 Å². The number of halogens is 2. The first-order chi connectivity index (χ1) is 62.5. The van der Waals surface area contributed by atoms with Gasteiger partial charge in [-0.2, -0.15) is 0 Å². The zero-order valence-corrected chi connectivity index (χ0v) is 90.0. The van der Waals surface area contributed by atoms with Crippen molar-refractivity contribution >= 4 is 84.4 Å². The van der Waals surface area contributed by atoms with E-state index in [1.165, 1.54) is 90.3 Å². The summed E-state index contributed by atoms with van der Waals surface area (Å²) in [4.78, 5) is 0. The van der Waals surface area contributed by atoms with Gasteiger partial charge >= 0.3 is 0 Å². The second-order valence-corrected chi connectivity index (χ2v) is 53.4. The molecule has 0 spiro atoms. The predicted octanol–water partition coefficient (Wildman–Crippen LogP) is 27.3. The van der Waals surface area contributed by atoms with Crippen LogP contribution in [0.4, 0.5) is 0 Å². The van der Waals surface area contributed by atoms with Gasteiger partial charge in [0.2, 0.25) is 0 Å². The Balaban J connectivity index is 0. The van der Waals surface area contributed by atoms with Crippen molar-refractivity contribution in [1.82, 2.24) is 0 Å². The van der Waals surface area contributed by atoms with E-state index in [0.29, 0.717) is 109 Å². The highest BCUT2D eigenvalue weighted by atomic mass is 79.9. The number of benzene rings is 3. The molecular weight excluding hydrogens is 1860 g/mol. The van der Waals surface area contributed by atoms with Crippen molar-refractivity contribution in [3.63, 3.8) is 0 Å². The average Bonchev–Trinajstić information content (AvgIpc) is 0.785. The van der Waals surface area contributed by atoms with E-state index in [9.17, 15) is 9.13 Å². The first-order valence-corrected chi connectivity index (χ1v) is 62.9. The zero-order valence-electron chi connectivity index (χ0n) is 80.6. The number of ether oxygens (including phenoxy) is 10. The van der Waals surface area contributed by atoms with Gasteiger partial charge in [-0.15, -0.1) is 15.8 Å². The SMILES string of the molecule is C=C=C=C=C=C=C=C=C=C=C=C=C=C(Br)[14CH2]Br.C=C=C=C=C=C=C=C=C=C=C=C=C=C([14CH2][P+](CCOCC)(CCOCC)Cc1ccccc1)[P+](CCOCC)(CCOCC)Cc1ccccc1.CCCP(=O)(CCOCC)C[14CH2]P(=O)(CCC)CCOCC.CCCP(CCOCC)C[14CH2]P(CCC)CCOCC.CCOCCP(CCOCC)Cc1ccccc1. The summed E-state index contributed by atoms with van der Waals surface area (Å²) in [6.45, 7) is 51.0. The van der Waals surface area contributed by atoms with Crippen molar-refractivity contribution < 1.29 is 56.5 Å². The predicted molar refractivity (Wildman–Crippen MR) is 564 cm³/mol. The summed E-state index contributed by atoms with van der Waals surface area (Å²) < 4.78 is 84.0. The number of allylic oxidation sites excluding steroid dienone is 2. The standard InChI is InChI=1S/C45H54O4P2.C16H36O4P2.C16H36O2P2.C15H4Br2.C15H25O2P/c1-6-11-12-13-14-15-16-17-18-19-26-31-45(51(38-34-48-9-4,39-35-49-10-5)41-44-29-24-21-25-30-44)42-50(36-32-46-7-2,37-33-47-8-3)40-43-27-22-20-23-28-43;1-5-11-21(17,13-9-19-7-3)15-16-22(18,12-6-2)14-10-20-8-4;1-5-11-19(13-9-17-7-3)15-16-20(12-6-2)14-10-18-8-4;1-2-3-4-5-6-7-8-9-10-11-12-13-15(17)14-16;1-3-16-10-12-18(13-11-17-4-2)14-15-8-6-5-7-9-15/h20-25,27-30H,1,7-10,32-42H2,2-5H3;5-16H2,1-4H3;5-16H2,1-4H3;1,14H2;5-9H,3-4,10-14H2,1-2H3/q+2;;;;/i42+2;2*15+2;14+2;. The molecule has 3 rings (SSSR count). The van der Waals surface area contributed by atoms with Crippen LogP contribution in [0.2, 0.25) is 0 Å². The smallest absolute Gasteiger partial charge is 0.159 e. The van der Waals surface area contributed by atoms with Crippen molar-refractivity contribution in [1.29, 1.82) is 0 Å². The molecule has 0 heterocycles. The molecule has 0 aliphatic heterocycles. The fraction of sp³-hybridized carbons (Fsp3) is 0.570. The molecule has 0 fully saturated rings. The van der Waals surface area contributed by atoms with Crippen molar-refractivity contribution in [2.75, 3.05) is 255 Å². The molecule has 3 aromatic rings. The van der Waals surface area contributed by atoms with Crippen molar-refractivity contribution in [3.05, 3.63) is 268 Å². The molecule has 128 heavy (non-hydrogen) atoms. The molecule has 0 amide bonds. The van der Waals surface area contributed by atoms with Crippen molar-refractivity contribution in [2.24, 2.45) is 0 Å². The molecule has 0 radical (unpaired) electrons. The number of hydrogen-bond donors (Lipinski definition) is 0. The van der Waals surface area contributed by atoms with Gasteiger partial charge in [0.15, 0.2) is 5.31 Å². The Morgan fingerprint density at radius 2 is 0.734 bits per heavy atom. The van der Waals surface area contributed by atoms with Crippen LogP contribution in [0, 0.1) is 0 Å². The van der Waals surface area contributed by atoms with Crippen molar-refractivity contribution in [2.45, 2.75) is 141 Å². The molecular formula is C107H155Br2O12P7+2. The third-order valence-corrected chi connectivity index (χ3v) is 45.1. The van der Waals surface area contributed by atoms with Crippen LogP contribution in [0.15, 0.2) is 251 Å². The largest absolute Gasteiger partial charge is 0.381 e. The van der Waals surface area contributed by atoms with Gasteiger partial charge in [-0.3, -0.25) is 0 Å². The third-order valence-electron chi connectivity index (χ3n) is 19.1. The summed E-state index contributed by atoms with van der Waals surface area (Å²) in [5.74, 6) is 0. The lowest BCUT2D eigenvalue weighted by atomic mass is 10.2. The summed E-state index contributed by atoms with van der Waals surface area (Å²) in [5, 5.41) is 1.99. The Kier molecular flexibility index (Phi) is 90.4. The van der Waals surface area contributed by atoms with E-state index < -0.39 is 28.8 Å². The van der Waals surface area contributed by atoms with Crippen LogP contribution in [0.25, 0.3) is 0 Å². The summed E-state index contributed by atoms with van der Waals surface area (Å²) in [6.07, 6.45) is 27.2. The third kappa shape index (κ3) is 73.5. The zero-order chi connectivity index (χ0) is 94.5. The van der Waals surface area contributed by atoms with Crippen molar-refractivity contribution in [3.8, 4) is 0 Å². The van der Waals surface area contributed by atoms with Crippen LogP contribution in [0.3, 0.4) is 0 Å². The topological polar surface area (TPSA) is 126 Å². The van der Waals surface area contributed by atoms with Gasteiger partial charge in [-0.1, -0.05) is 167 Å². The second-order valence-electron chi connectivity index (χ2n) is 28.8. The Morgan fingerprint density at radius 3 is 1.14 bits per heavy atom. The molecule has 3 aromatic carbocycles. The summed E-state index contributed by atoms with van der Waals surface area (Å²) in [6, 6.07) is 32.4. The second kappa shape index (κ2) is 92.5. The highest BCUT2D eigenvalue weighted by Gasteiger charge is 2.49. The first-order valence-electron chi connectivity index (χ1n) is 45.9. The molecule has 0 aromatic heterocycles. The van der Waals surface area contributed by atoms with Gasteiger partial charge in [-0.25, -0.2) is 0 Å².